The molecule has 6 nitrogen and oxygen atoms in total. The minimum absolute atomic E-state index is 0.0401. The predicted molar refractivity (Wildman–Crippen MR) is 75.1 cm³/mol. The summed E-state index contributed by atoms with van der Waals surface area (Å²) in [6, 6.07) is 5.53. The van der Waals surface area contributed by atoms with Gasteiger partial charge < -0.3 is 10.6 Å². The standard InChI is InChI=1S/C14H17N5O/c1-9(11-7-15-8-11)14(20)16-10(2)13-18-17-12-5-3-4-6-19(12)13/h3-6,10,15H,7-8H2,1-2H3,(H,16,20). The molecule has 3 rings (SSSR count). The van der Waals surface area contributed by atoms with Gasteiger partial charge in [-0.15, -0.1) is 10.2 Å². The molecule has 1 aliphatic rings. The number of fused-ring (bicyclic) bond motifs is 1. The van der Waals surface area contributed by atoms with E-state index in [0.717, 1.165) is 30.1 Å². The molecule has 1 saturated heterocycles. The minimum atomic E-state index is -0.191. The van der Waals surface area contributed by atoms with Crippen molar-refractivity contribution < 1.29 is 4.79 Å². The molecule has 1 aliphatic heterocycles. The fourth-order valence-electron chi connectivity index (χ4n) is 2.20. The number of aromatic nitrogens is 3. The third kappa shape index (κ3) is 2.18. The van der Waals surface area contributed by atoms with Crippen molar-refractivity contribution in [1.29, 1.82) is 0 Å². The normalized spacial score (nSPS) is 15.8. The van der Waals surface area contributed by atoms with E-state index >= 15 is 0 Å². The summed E-state index contributed by atoms with van der Waals surface area (Å²) in [6.45, 7) is 5.39. The molecule has 1 atom stereocenters. The van der Waals surface area contributed by atoms with Crippen LogP contribution in [-0.2, 0) is 4.79 Å². The third-order valence-electron chi connectivity index (χ3n) is 3.62. The van der Waals surface area contributed by atoms with E-state index in [9.17, 15) is 4.79 Å². The molecule has 1 fully saturated rings. The van der Waals surface area contributed by atoms with Gasteiger partial charge in [-0.05, 0) is 31.6 Å². The monoisotopic (exact) mass is 271 g/mol. The van der Waals surface area contributed by atoms with Gasteiger partial charge in [0, 0.05) is 24.9 Å². The molecule has 0 aliphatic carbocycles. The molecule has 0 bridgehead atoms. The second-order valence-electron chi connectivity index (χ2n) is 5.01. The van der Waals surface area contributed by atoms with Gasteiger partial charge in [-0.1, -0.05) is 6.07 Å². The molecule has 2 aromatic heterocycles. The zero-order valence-electron chi connectivity index (χ0n) is 11.6. The molecule has 2 N–H and O–H groups in total. The van der Waals surface area contributed by atoms with Crippen LogP contribution in [0.15, 0.2) is 35.5 Å². The lowest BCUT2D eigenvalue weighted by Crippen LogP contribution is -2.38. The average Bonchev–Trinajstić information content (AvgIpc) is 2.80. The van der Waals surface area contributed by atoms with Gasteiger partial charge in [-0.25, -0.2) is 0 Å². The summed E-state index contributed by atoms with van der Waals surface area (Å²) in [5.74, 6) is 0.695. The topological polar surface area (TPSA) is 71.3 Å². The quantitative estimate of drug-likeness (QED) is 0.811. The van der Waals surface area contributed by atoms with Gasteiger partial charge in [0.1, 0.15) is 0 Å². The van der Waals surface area contributed by atoms with Crippen LogP contribution in [0.25, 0.3) is 5.65 Å². The minimum Gasteiger partial charge on any atom is -0.343 e. The third-order valence-corrected chi connectivity index (χ3v) is 3.62. The molecule has 104 valence electrons. The molecule has 0 radical (unpaired) electrons. The molecule has 0 spiro atoms. The number of nitrogens with one attached hydrogen (secondary N) is 2. The molecule has 20 heavy (non-hydrogen) atoms. The van der Waals surface area contributed by atoms with E-state index in [1.165, 1.54) is 5.57 Å². The summed E-state index contributed by atoms with van der Waals surface area (Å²) in [4.78, 5) is 12.2. The maximum absolute atomic E-state index is 12.2. The van der Waals surface area contributed by atoms with Crippen molar-refractivity contribution in [2.45, 2.75) is 19.9 Å². The van der Waals surface area contributed by atoms with Gasteiger partial charge in [0.25, 0.3) is 0 Å². The van der Waals surface area contributed by atoms with E-state index < -0.39 is 0 Å². The summed E-state index contributed by atoms with van der Waals surface area (Å²) in [5, 5.41) is 14.4. The van der Waals surface area contributed by atoms with Crippen LogP contribution in [0.4, 0.5) is 0 Å². The number of carbonyl (C=O) groups is 1. The first-order chi connectivity index (χ1) is 9.66. The lowest BCUT2D eigenvalue weighted by atomic mass is 10.0. The second kappa shape index (κ2) is 5.05. The summed E-state index contributed by atoms with van der Waals surface area (Å²) in [7, 11) is 0. The highest BCUT2D eigenvalue weighted by Crippen LogP contribution is 2.14. The Kier molecular flexibility index (Phi) is 3.23. The van der Waals surface area contributed by atoms with Crippen molar-refractivity contribution in [2.24, 2.45) is 0 Å². The van der Waals surface area contributed by atoms with Crippen LogP contribution in [-0.4, -0.2) is 33.6 Å². The van der Waals surface area contributed by atoms with Gasteiger partial charge in [0.2, 0.25) is 5.91 Å². The van der Waals surface area contributed by atoms with Crippen LogP contribution in [0.5, 0.6) is 0 Å². The molecular formula is C14H17N5O. The van der Waals surface area contributed by atoms with E-state index in [1.807, 2.05) is 42.6 Å². The maximum atomic E-state index is 12.2. The second-order valence-corrected chi connectivity index (χ2v) is 5.01. The Hall–Kier alpha value is -2.21. The zero-order chi connectivity index (χ0) is 14.1. The summed E-state index contributed by atoms with van der Waals surface area (Å²) in [5.41, 5.74) is 2.74. The SMILES string of the molecule is CC(C(=O)NC(C)c1nnc2ccccn12)=C1CNC1. The highest BCUT2D eigenvalue weighted by atomic mass is 16.1. The van der Waals surface area contributed by atoms with Gasteiger partial charge in [0.05, 0.1) is 6.04 Å². The smallest absolute Gasteiger partial charge is 0.247 e. The first kappa shape index (κ1) is 12.8. The van der Waals surface area contributed by atoms with E-state index in [-0.39, 0.29) is 11.9 Å². The fourth-order valence-corrected chi connectivity index (χ4v) is 2.20. The predicted octanol–water partition coefficient (Wildman–Crippen LogP) is 0.826. The Morgan fingerprint density at radius 1 is 1.40 bits per heavy atom. The molecule has 3 heterocycles. The first-order valence-corrected chi connectivity index (χ1v) is 6.66. The van der Waals surface area contributed by atoms with Gasteiger partial charge in [-0.2, -0.15) is 0 Å². The van der Waals surface area contributed by atoms with Crippen LogP contribution in [0.2, 0.25) is 0 Å². The van der Waals surface area contributed by atoms with E-state index in [4.69, 9.17) is 0 Å². The van der Waals surface area contributed by atoms with E-state index in [1.54, 1.807) is 0 Å². The van der Waals surface area contributed by atoms with Gasteiger partial charge in [-0.3, -0.25) is 9.20 Å². The Bertz CT molecular complexity index is 682. The maximum Gasteiger partial charge on any atom is 0.247 e. The molecule has 0 aromatic carbocycles. The van der Waals surface area contributed by atoms with Crippen molar-refractivity contribution in [3.8, 4) is 0 Å². The lowest BCUT2D eigenvalue weighted by molar-refractivity contribution is -0.118. The highest BCUT2D eigenvalue weighted by molar-refractivity contribution is 5.94. The average molecular weight is 271 g/mol. The first-order valence-electron chi connectivity index (χ1n) is 6.66. The zero-order valence-corrected chi connectivity index (χ0v) is 11.6. The van der Waals surface area contributed by atoms with Crippen molar-refractivity contribution >= 4 is 11.6 Å². The van der Waals surface area contributed by atoms with Crippen LogP contribution < -0.4 is 10.6 Å². The molecular weight excluding hydrogens is 254 g/mol. The molecule has 1 unspecified atom stereocenters. The Morgan fingerprint density at radius 2 is 2.20 bits per heavy atom. The molecule has 0 saturated carbocycles. The summed E-state index contributed by atoms with van der Waals surface area (Å²) >= 11 is 0. The number of hydrogen-bond donors (Lipinski definition) is 2. The van der Waals surface area contributed by atoms with Crippen molar-refractivity contribution in [3.05, 3.63) is 41.4 Å². The number of nitrogens with zero attached hydrogens (tertiary/aromatic N) is 3. The van der Waals surface area contributed by atoms with Crippen LogP contribution >= 0.6 is 0 Å². The van der Waals surface area contributed by atoms with Crippen molar-refractivity contribution in [1.82, 2.24) is 25.2 Å². The van der Waals surface area contributed by atoms with Gasteiger partial charge >= 0.3 is 0 Å². The Morgan fingerprint density at radius 3 is 2.90 bits per heavy atom. The van der Waals surface area contributed by atoms with E-state index in [0.29, 0.717) is 0 Å². The van der Waals surface area contributed by atoms with Crippen molar-refractivity contribution in [3.63, 3.8) is 0 Å². The number of pyridine rings is 1. The Balaban J connectivity index is 1.79. The highest BCUT2D eigenvalue weighted by Gasteiger charge is 2.20. The number of hydrogen-bond acceptors (Lipinski definition) is 4. The van der Waals surface area contributed by atoms with Gasteiger partial charge in [0.15, 0.2) is 11.5 Å². The van der Waals surface area contributed by atoms with Crippen LogP contribution in [0.3, 0.4) is 0 Å². The number of amides is 1. The molecule has 2 aromatic rings. The van der Waals surface area contributed by atoms with Crippen molar-refractivity contribution in [2.75, 3.05) is 13.1 Å². The molecule has 1 amide bonds. The van der Waals surface area contributed by atoms with Crippen LogP contribution in [0, 0.1) is 0 Å². The van der Waals surface area contributed by atoms with Crippen LogP contribution in [0.1, 0.15) is 25.7 Å². The summed E-state index contributed by atoms with van der Waals surface area (Å²) in [6.07, 6.45) is 1.90. The lowest BCUT2D eigenvalue weighted by Gasteiger charge is -2.22. The largest absolute Gasteiger partial charge is 0.343 e. The fraction of sp³-hybridized carbons (Fsp3) is 0.357. The number of carbonyl (C=O) groups excluding carboxylic acids is 1. The number of rotatable bonds is 3. The summed E-state index contributed by atoms with van der Waals surface area (Å²) < 4.78 is 1.89. The molecule has 6 heteroatoms. The Labute approximate surface area is 116 Å². The van der Waals surface area contributed by atoms with E-state index in [2.05, 4.69) is 20.8 Å².